The van der Waals surface area contributed by atoms with Gasteiger partial charge in [-0.05, 0) is 48.6 Å². The number of amides is 1. The summed E-state index contributed by atoms with van der Waals surface area (Å²) >= 11 is 12.7. The third-order valence-electron chi connectivity index (χ3n) is 9.42. The van der Waals surface area contributed by atoms with Crippen molar-refractivity contribution in [1.82, 2.24) is 19.7 Å². The van der Waals surface area contributed by atoms with Crippen LogP contribution in [0.15, 0.2) is 48.7 Å². The number of nitrogens with one attached hydrogen (secondary N) is 1. The van der Waals surface area contributed by atoms with Crippen molar-refractivity contribution in [3.63, 3.8) is 0 Å². The first-order chi connectivity index (χ1) is 20.8. The Hall–Kier alpha value is -3.73. The Bertz CT molecular complexity index is 1840. The van der Waals surface area contributed by atoms with Gasteiger partial charge in [0.15, 0.2) is 5.65 Å². The molecule has 43 heavy (non-hydrogen) atoms. The molecule has 1 N–H and O–H groups in total. The number of carbonyl (C=O) groups excluding carboxylic acids is 2. The Balaban J connectivity index is 1.35. The van der Waals surface area contributed by atoms with E-state index in [0.717, 1.165) is 18.4 Å². The molecule has 2 fully saturated rings. The number of fused-ring (bicyclic) bond motifs is 6. The van der Waals surface area contributed by atoms with E-state index in [9.17, 15) is 9.59 Å². The molecule has 2 aromatic carbocycles. The predicted octanol–water partition coefficient (Wildman–Crippen LogP) is 5.40. The van der Waals surface area contributed by atoms with Crippen LogP contribution >= 0.6 is 23.2 Å². The van der Waals surface area contributed by atoms with Gasteiger partial charge in [0.05, 0.1) is 29.1 Å². The highest BCUT2D eigenvalue weighted by Gasteiger charge is 2.68. The van der Waals surface area contributed by atoms with Gasteiger partial charge < -0.3 is 14.8 Å². The van der Waals surface area contributed by atoms with Crippen LogP contribution in [0.4, 0.5) is 10.1 Å². The predicted molar refractivity (Wildman–Crippen MR) is 157 cm³/mol. The van der Waals surface area contributed by atoms with Crippen LogP contribution in [0.2, 0.25) is 10.0 Å². The van der Waals surface area contributed by atoms with E-state index < -0.39 is 23.2 Å². The first-order valence-electron chi connectivity index (χ1n) is 14.2. The van der Waals surface area contributed by atoms with Crippen molar-refractivity contribution in [2.24, 2.45) is 11.8 Å². The number of pyridine rings is 1. The fourth-order valence-corrected chi connectivity index (χ4v) is 7.82. The minimum absolute atomic E-state index is 0.00509. The van der Waals surface area contributed by atoms with Gasteiger partial charge in [0.1, 0.15) is 18.0 Å². The molecule has 12 heteroatoms. The van der Waals surface area contributed by atoms with Crippen LogP contribution in [0.5, 0.6) is 5.88 Å². The number of esters is 1. The van der Waals surface area contributed by atoms with Crippen LogP contribution in [0.3, 0.4) is 0 Å². The summed E-state index contributed by atoms with van der Waals surface area (Å²) in [5.41, 5.74) is 1.21. The maximum atomic E-state index is 16.1. The monoisotopic (exact) mass is 621 g/mol. The van der Waals surface area contributed by atoms with Crippen molar-refractivity contribution in [3.8, 4) is 5.88 Å². The molecule has 0 bridgehead atoms. The number of ether oxygens (including phenoxy) is 2. The molecule has 4 aliphatic rings. The van der Waals surface area contributed by atoms with Crippen molar-refractivity contribution in [2.45, 2.75) is 36.9 Å². The Morgan fingerprint density at radius 1 is 1.23 bits per heavy atom. The third-order valence-corrected chi connectivity index (χ3v) is 9.95. The topological polar surface area (TPSA) is 98.6 Å². The van der Waals surface area contributed by atoms with Crippen LogP contribution in [0.1, 0.15) is 40.2 Å². The van der Waals surface area contributed by atoms with Gasteiger partial charge in [-0.2, -0.15) is 0 Å². The zero-order valence-electron chi connectivity index (χ0n) is 23.0. The highest BCUT2D eigenvalue weighted by molar-refractivity contribution is 6.31. The molecule has 4 aromatic rings. The van der Waals surface area contributed by atoms with Gasteiger partial charge in [0.25, 0.3) is 0 Å². The number of methoxy groups -OCH3 is 1. The molecule has 2 aromatic heterocycles. The average Bonchev–Trinajstić information content (AvgIpc) is 3.67. The van der Waals surface area contributed by atoms with Crippen LogP contribution in [0.25, 0.3) is 11.0 Å². The molecule has 1 saturated carbocycles. The number of anilines is 1. The summed E-state index contributed by atoms with van der Waals surface area (Å²) in [6.45, 7) is 1.19. The Morgan fingerprint density at radius 3 is 2.86 bits per heavy atom. The first kappa shape index (κ1) is 26.9. The van der Waals surface area contributed by atoms with Gasteiger partial charge in [-0.3, -0.25) is 9.69 Å². The lowest BCUT2D eigenvalue weighted by Gasteiger charge is -2.40. The molecule has 0 radical (unpaired) electrons. The van der Waals surface area contributed by atoms with Crippen molar-refractivity contribution < 1.29 is 23.5 Å². The van der Waals surface area contributed by atoms with Crippen molar-refractivity contribution >= 4 is 51.8 Å². The van der Waals surface area contributed by atoms with E-state index in [1.54, 1.807) is 35.0 Å². The standard InChI is InChI=1S/C31H26Cl2FN5O4/c1-42-29(40)16-9-19-27(35-11-16)37-39-13-20-24(14-43-28(19)39)38(12-15-5-6-15)31(25(20)18-3-2-4-22(33)26(18)34)21-8-7-17(32)10-23(21)36-30(31)41/h2-4,7-11,15,20,24-25H,5-6,12-14H2,1H3,(H,36,41)/t20-,24+,25+,31-/m1/s1. The SMILES string of the molecule is COC(=O)c1cnc2nn3c(c2c1)OC[C@H]1[C@@H](C3)[C@H](c2cccc(Cl)c2F)[C@]2(C(=O)Nc3cc(Cl)ccc32)N1CC1CC1. The number of nitrogens with zero attached hydrogens (tertiary/aromatic N) is 4. The zero-order chi connectivity index (χ0) is 29.6. The number of benzene rings is 2. The number of carbonyl (C=O) groups is 2. The molecule has 5 heterocycles. The van der Waals surface area contributed by atoms with Crippen molar-refractivity contribution in [3.05, 3.63) is 81.2 Å². The van der Waals surface area contributed by atoms with Crippen LogP contribution in [-0.4, -0.2) is 57.8 Å². The van der Waals surface area contributed by atoms with E-state index in [0.29, 0.717) is 52.2 Å². The van der Waals surface area contributed by atoms with Gasteiger partial charge in [-0.25, -0.2) is 18.9 Å². The second-order valence-corrected chi connectivity index (χ2v) is 12.6. The number of aromatic nitrogens is 3. The molecular weight excluding hydrogens is 596 g/mol. The maximum absolute atomic E-state index is 16.1. The van der Waals surface area contributed by atoms with Gasteiger partial charge in [0, 0.05) is 47.4 Å². The summed E-state index contributed by atoms with van der Waals surface area (Å²) in [5.74, 6) is -1.35. The Labute approximate surface area is 255 Å². The van der Waals surface area contributed by atoms with Crippen LogP contribution in [0, 0.1) is 17.7 Å². The Morgan fingerprint density at radius 2 is 2.07 bits per heavy atom. The summed E-state index contributed by atoms with van der Waals surface area (Å²) in [5, 5.41) is 8.88. The van der Waals surface area contributed by atoms with E-state index >= 15 is 4.39 Å². The Kier molecular flexibility index (Phi) is 6.02. The van der Waals surface area contributed by atoms with E-state index in [1.807, 2.05) is 6.07 Å². The molecule has 9 nitrogen and oxygen atoms in total. The highest BCUT2D eigenvalue weighted by atomic mass is 35.5. The molecular formula is C31H26Cl2FN5O4. The number of hydrogen-bond donors (Lipinski definition) is 1. The number of likely N-dealkylation sites (tertiary alicyclic amines) is 1. The van der Waals surface area contributed by atoms with E-state index in [-0.39, 0.29) is 35.1 Å². The largest absolute Gasteiger partial charge is 0.476 e. The van der Waals surface area contributed by atoms with Gasteiger partial charge in [0.2, 0.25) is 11.8 Å². The fraction of sp³-hybridized carbons (Fsp3) is 0.355. The molecule has 220 valence electrons. The molecule has 3 aliphatic heterocycles. The summed E-state index contributed by atoms with van der Waals surface area (Å²) in [4.78, 5) is 33.3. The molecule has 4 atom stereocenters. The quantitative estimate of drug-likeness (QED) is 0.305. The van der Waals surface area contributed by atoms with Gasteiger partial charge >= 0.3 is 5.97 Å². The lowest BCUT2D eigenvalue weighted by atomic mass is 9.71. The average molecular weight is 622 g/mol. The van der Waals surface area contributed by atoms with Gasteiger partial charge in [-0.15, -0.1) is 5.10 Å². The summed E-state index contributed by atoms with van der Waals surface area (Å²) < 4.78 is 29.2. The summed E-state index contributed by atoms with van der Waals surface area (Å²) in [7, 11) is 1.31. The smallest absolute Gasteiger partial charge is 0.339 e. The lowest BCUT2D eigenvalue weighted by molar-refractivity contribution is -0.128. The normalized spacial score (nSPS) is 26.0. The molecule has 0 unspecified atom stereocenters. The minimum atomic E-state index is -1.23. The molecule has 1 amide bonds. The van der Waals surface area contributed by atoms with Gasteiger partial charge in [-0.1, -0.05) is 41.4 Å². The maximum Gasteiger partial charge on any atom is 0.339 e. The number of rotatable bonds is 4. The second kappa shape index (κ2) is 9.64. The third kappa shape index (κ3) is 3.86. The molecule has 1 spiro atoms. The highest BCUT2D eigenvalue weighted by Crippen LogP contribution is 2.61. The fourth-order valence-electron chi connectivity index (χ4n) is 7.47. The van der Waals surface area contributed by atoms with Crippen LogP contribution < -0.4 is 10.1 Å². The van der Waals surface area contributed by atoms with E-state index in [1.165, 1.54) is 19.4 Å². The van der Waals surface area contributed by atoms with Crippen molar-refractivity contribution in [2.75, 3.05) is 25.6 Å². The van der Waals surface area contributed by atoms with Crippen molar-refractivity contribution in [1.29, 1.82) is 0 Å². The van der Waals surface area contributed by atoms with E-state index in [4.69, 9.17) is 37.8 Å². The molecule has 8 rings (SSSR count). The summed E-state index contributed by atoms with van der Waals surface area (Å²) in [6, 6.07) is 11.8. The first-order valence-corrected chi connectivity index (χ1v) is 15.0. The molecule has 1 saturated heterocycles. The number of hydrogen-bond acceptors (Lipinski definition) is 7. The molecule has 1 aliphatic carbocycles. The zero-order valence-corrected chi connectivity index (χ0v) is 24.5. The number of halogens is 3. The van der Waals surface area contributed by atoms with E-state index in [2.05, 4.69) is 15.2 Å². The lowest BCUT2D eigenvalue weighted by Crippen LogP contribution is -2.53. The second-order valence-electron chi connectivity index (χ2n) is 11.7. The van der Waals surface area contributed by atoms with Crippen LogP contribution in [-0.2, 0) is 21.6 Å². The minimum Gasteiger partial charge on any atom is -0.476 e. The summed E-state index contributed by atoms with van der Waals surface area (Å²) in [6.07, 6.45) is 3.54.